The quantitative estimate of drug-likeness (QED) is 0.446. The Morgan fingerprint density at radius 3 is 2.28 bits per heavy atom. The van der Waals surface area contributed by atoms with Crippen molar-refractivity contribution in [2.24, 2.45) is 0 Å². The SMILES string of the molecule is O=[N+]([O-])c1ccc([C@H]2CC[C@@H](NCCCc3ccccc3)CC2)cc1. The Balaban J connectivity index is 1.37. The van der Waals surface area contributed by atoms with Gasteiger partial charge in [0.15, 0.2) is 0 Å². The lowest BCUT2D eigenvalue weighted by atomic mass is 9.81. The van der Waals surface area contributed by atoms with Crippen LogP contribution in [-0.2, 0) is 6.42 Å². The van der Waals surface area contributed by atoms with E-state index in [1.165, 1.54) is 30.4 Å². The molecule has 0 aliphatic heterocycles. The van der Waals surface area contributed by atoms with Crippen molar-refractivity contribution in [2.45, 2.75) is 50.5 Å². The van der Waals surface area contributed by atoms with E-state index in [9.17, 15) is 10.1 Å². The molecule has 3 rings (SSSR count). The van der Waals surface area contributed by atoms with Crippen LogP contribution in [0.3, 0.4) is 0 Å². The summed E-state index contributed by atoms with van der Waals surface area (Å²) in [4.78, 5) is 10.4. The van der Waals surface area contributed by atoms with Gasteiger partial charge in [-0.25, -0.2) is 0 Å². The van der Waals surface area contributed by atoms with Gasteiger partial charge in [-0.05, 0) is 62.1 Å². The molecule has 0 radical (unpaired) electrons. The molecule has 4 nitrogen and oxygen atoms in total. The van der Waals surface area contributed by atoms with Crippen LogP contribution in [0.4, 0.5) is 5.69 Å². The molecule has 1 saturated carbocycles. The van der Waals surface area contributed by atoms with Crippen LogP contribution in [0.2, 0.25) is 0 Å². The lowest BCUT2D eigenvalue weighted by Crippen LogP contribution is -2.33. The third-order valence-electron chi connectivity index (χ3n) is 5.22. The first-order valence-corrected chi connectivity index (χ1v) is 9.24. The van der Waals surface area contributed by atoms with Gasteiger partial charge < -0.3 is 5.32 Å². The standard InChI is InChI=1S/C21H26N2O2/c24-23(25)21-14-10-19(11-15-21)18-8-12-20(13-9-18)22-16-4-7-17-5-2-1-3-6-17/h1-3,5-6,10-11,14-15,18,20,22H,4,7-9,12-13,16H2/t18-,20+. The first kappa shape index (κ1) is 17.6. The fourth-order valence-corrected chi connectivity index (χ4v) is 3.74. The molecule has 0 heterocycles. The van der Waals surface area contributed by atoms with Crippen molar-refractivity contribution in [3.8, 4) is 0 Å². The van der Waals surface area contributed by atoms with Crippen molar-refractivity contribution < 1.29 is 4.92 Å². The Hall–Kier alpha value is -2.20. The van der Waals surface area contributed by atoms with Crippen molar-refractivity contribution in [1.29, 1.82) is 0 Å². The molecule has 25 heavy (non-hydrogen) atoms. The average Bonchev–Trinajstić information content (AvgIpc) is 2.67. The monoisotopic (exact) mass is 338 g/mol. The van der Waals surface area contributed by atoms with E-state index in [1.54, 1.807) is 12.1 Å². The van der Waals surface area contributed by atoms with E-state index in [-0.39, 0.29) is 10.6 Å². The molecule has 2 aromatic carbocycles. The lowest BCUT2D eigenvalue weighted by molar-refractivity contribution is -0.384. The van der Waals surface area contributed by atoms with Gasteiger partial charge in [0, 0.05) is 18.2 Å². The molecule has 0 spiro atoms. The van der Waals surface area contributed by atoms with Gasteiger partial charge in [0.05, 0.1) is 4.92 Å². The van der Waals surface area contributed by atoms with E-state index in [4.69, 9.17) is 0 Å². The van der Waals surface area contributed by atoms with Crippen LogP contribution in [0.5, 0.6) is 0 Å². The molecule has 0 saturated heterocycles. The molecule has 1 aliphatic rings. The molecule has 132 valence electrons. The Morgan fingerprint density at radius 1 is 0.960 bits per heavy atom. The molecular formula is C21H26N2O2. The first-order valence-electron chi connectivity index (χ1n) is 9.24. The molecule has 1 aliphatic carbocycles. The number of nitro groups is 1. The molecular weight excluding hydrogens is 312 g/mol. The fraction of sp³-hybridized carbons (Fsp3) is 0.429. The summed E-state index contributed by atoms with van der Waals surface area (Å²) >= 11 is 0. The summed E-state index contributed by atoms with van der Waals surface area (Å²) in [5.74, 6) is 0.545. The summed E-state index contributed by atoms with van der Waals surface area (Å²) in [6, 6.07) is 18.4. The summed E-state index contributed by atoms with van der Waals surface area (Å²) < 4.78 is 0. The number of hydrogen-bond acceptors (Lipinski definition) is 3. The van der Waals surface area contributed by atoms with Crippen LogP contribution in [0, 0.1) is 10.1 Å². The van der Waals surface area contributed by atoms with Crippen molar-refractivity contribution in [1.82, 2.24) is 5.32 Å². The average molecular weight is 338 g/mol. The largest absolute Gasteiger partial charge is 0.314 e. The highest BCUT2D eigenvalue weighted by molar-refractivity contribution is 5.34. The highest BCUT2D eigenvalue weighted by Crippen LogP contribution is 2.33. The number of rotatable bonds is 7. The highest BCUT2D eigenvalue weighted by Gasteiger charge is 2.22. The molecule has 0 aromatic heterocycles. The van der Waals surface area contributed by atoms with Gasteiger partial charge in [0.2, 0.25) is 0 Å². The van der Waals surface area contributed by atoms with Crippen molar-refractivity contribution in [2.75, 3.05) is 6.54 Å². The van der Waals surface area contributed by atoms with Gasteiger partial charge in [0.25, 0.3) is 5.69 Å². The molecule has 0 amide bonds. The van der Waals surface area contributed by atoms with E-state index in [2.05, 4.69) is 35.6 Å². The smallest absolute Gasteiger partial charge is 0.269 e. The minimum absolute atomic E-state index is 0.178. The normalized spacial score (nSPS) is 20.3. The second-order valence-corrected chi connectivity index (χ2v) is 6.94. The van der Waals surface area contributed by atoms with Crippen molar-refractivity contribution in [3.63, 3.8) is 0 Å². The van der Waals surface area contributed by atoms with Crippen LogP contribution < -0.4 is 5.32 Å². The number of non-ortho nitro benzene ring substituents is 1. The Kier molecular flexibility index (Phi) is 6.18. The Morgan fingerprint density at radius 2 is 1.64 bits per heavy atom. The van der Waals surface area contributed by atoms with Gasteiger partial charge in [-0.3, -0.25) is 10.1 Å². The Bertz CT molecular complexity index is 662. The Labute approximate surface area is 149 Å². The minimum Gasteiger partial charge on any atom is -0.314 e. The number of nitrogens with one attached hydrogen (secondary N) is 1. The molecule has 1 N–H and O–H groups in total. The zero-order chi connectivity index (χ0) is 17.5. The lowest BCUT2D eigenvalue weighted by Gasteiger charge is -2.29. The van der Waals surface area contributed by atoms with Crippen LogP contribution in [0.1, 0.15) is 49.1 Å². The fourth-order valence-electron chi connectivity index (χ4n) is 3.74. The maximum absolute atomic E-state index is 10.7. The molecule has 2 aromatic rings. The number of benzene rings is 2. The van der Waals surface area contributed by atoms with Crippen LogP contribution in [0.25, 0.3) is 0 Å². The second-order valence-electron chi connectivity index (χ2n) is 6.94. The van der Waals surface area contributed by atoms with Gasteiger partial charge in [-0.15, -0.1) is 0 Å². The number of aryl methyl sites for hydroxylation is 1. The third kappa shape index (κ3) is 5.13. The highest BCUT2D eigenvalue weighted by atomic mass is 16.6. The zero-order valence-corrected chi connectivity index (χ0v) is 14.6. The summed E-state index contributed by atoms with van der Waals surface area (Å²) in [5, 5.41) is 14.4. The van der Waals surface area contributed by atoms with Gasteiger partial charge >= 0.3 is 0 Å². The second kappa shape index (κ2) is 8.77. The van der Waals surface area contributed by atoms with Crippen LogP contribution in [-0.4, -0.2) is 17.5 Å². The van der Waals surface area contributed by atoms with E-state index in [0.717, 1.165) is 25.8 Å². The number of nitrogens with zero attached hydrogens (tertiary/aromatic N) is 1. The van der Waals surface area contributed by atoms with Crippen LogP contribution >= 0.6 is 0 Å². The summed E-state index contributed by atoms with van der Waals surface area (Å²) in [6.45, 7) is 1.07. The van der Waals surface area contributed by atoms with Crippen molar-refractivity contribution in [3.05, 3.63) is 75.8 Å². The van der Waals surface area contributed by atoms with E-state index >= 15 is 0 Å². The summed E-state index contributed by atoms with van der Waals surface area (Å²) in [7, 11) is 0. The third-order valence-corrected chi connectivity index (χ3v) is 5.22. The van der Waals surface area contributed by atoms with Crippen molar-refractivity contribution >= 4 is 5.69 Å². The van der Waals surface area contributed by atoms with E-state index in [1.807, 2.05) is 12.1 Å². The predicted molar refractivity (Wildman–Crippen MR) is 101 cm³/mol. The van der Waals surface area contributed by atoms with E-state index in [0.29, 0.717) is 12.0 Å². The molecule has 0 bridgehead atoms. The predicted octanol–water partition coefficient (Wildman–Crippen LogP) is 4.84. The van der Waals surface area contributed by atoms with Gasteiger partial charge in [0.1, 0.15) is 0 Å². The summed E-state index contributed by atoms with van der Waals surface area (Å²) in [6.07, 6.45) is 7.00. The first-order chi connectivity index (χ1) is 12.2. The zero-order valence-electron chi connectivity index (χ0n) is 14.6. The number of hydrogen-bond donors (Lipinski definition) is 1. The minimum atomic E-state index is -0.333. The maximum atomic E-state index is 10.7. The molecule has 0 atom stereocenters. The van der Waals surface area contributed by atoms with Crippen LogP contribution in [0.15, 0.2) is 54.6 Å². The summed E-state index contributed by atoms with van der Waals surface area (Å²) in [5.41, 5.74) is 2.83. The molecule has 1 fully saturated rings. The molecule has 4 heteroatoms. The maximum Gasteiger partial charge on any atom is 0.269 e. The molecule has 0 unspecified atom stereocenters. The van der Waals surface area contributed by atoms with Gasteiger partial charge in [-0.1, -0.05) is 42.5 Å². The van der Waals surface area contributed by atoms with Gasteiger partial charge in [-0.2, -0.15) is 0 Å². The number of nitro benzene ring substituents is 1. The topological polar surface area (TPSA) is 55.2 Å². The van der Waals surface area contributed by atoms with E-state index < -0.39 is 0 Å².